The van der Waals surface area contributed by atoms with Crippen molar-refractivity contribution in [2.24, 2.45) is 0 Å². The number of ketones is 1. The normalized spacial score (nSPS) is 9.74. The highest BCUT2D eigenvalue weighted by molar-refractivity contribution is 6.33. The molecule has 8 heteroatoms. The molecule has 2 aromatic heterocycles. The SMILES string of the molecule is O=C(O)C(=O)Cc1ccc(O)cc1.c1cc(-c2ccn[nH]2)[nH]n1. The standard InChI is InChI=1S/C9H8O4.C6H6N4/c10-7-3-1-6(2-4-7)5-8(11)9(12)13;1-3-7-9-5(1)6-2-4-8-10-6/h1-4,10H,5H2,(H,12,13);1-4H,(H,7,9)(H,8,10). The van der Waals surface area contributed by atoms with Gasteiger partial charge in [0.1, 0.15) is 5.75 Å². The number of rotatable bonds is 4. The van der Waals surface area contributed by atoms with Gasteiger partial charge in [0, 0.05) is 18.8 Å². The van der Waals surface area contributed by atoms with Crippen LogP contribution in [0.15, 0.2) is 48.8 Å². The summed E-state index contributed by atoms with van der Waals surface area (Å²) in [5.41, 5.74) is 2.49. The summed E-state index contributed by atoms with van der Waals surface area (Å²) in [7, 11) is 0. The summed E-state index contributed by atoms with van der Waals surface area (Å²) in [6.45, 7) is 0. The Morgan fingerprint density at radius 3 is 1.83 bits per heavy atom. The van der Waals surface area contributed by atoms with Gasteiger partial charge in [-0.05, 0) is 29.8 Å². The first-order valence-electron chi connectivity index (χ1n) is 6.59. The lowest BCUT2D eigenvalue weighted by atomic mass is 10.1. The lowest BCUT2D eigenvalue weighted by Gasteiger charge is -1.97. The van der Waals surface area contributed by atoms with E-state index in [-0.39, 0.29) is 12.2 Å². The lowest BCUT2D eigenvalue weighted by Crippen LogP contribution is -2.14. The topological polar surface area (TPSA) is 132 Å². The Hall–Kier alpha value is -3.42. The van der Waals surface area contributed by atoms with Gasteiger partial charge in [-0.3, -0.25) is 15.0 Å². The Labute approximate surface area is 130 Å². The fourth-order valence-electron chi connectivity index (χ4n) is 1.69. The van der Waals surface area contributed by atoms with Gasteiger partial charge >= 0.3 is 5.97 Å². The largest absolute Gasteiger partial charge is 0.508 e. The highest BCUT2D eigenvalue weighted by Gasteiger charge is 2.11. The summed E-state index contributed by atoms with van der Waals surface area (Å²) in [6.07, 6.45) is 3.27. The number of aliphatic carboxylic acids is 1. The van der Waals surface area contributed by atoms with Crippen LogP contribution in [0.5, 0.6) is 5.75 Å². The number of nitrogens with one attached hydrogen (secondary N) is 2. The van der Waals surface area contributed by atoms with Crippen LogP contribution in [0.2, 0.25) is 0 Å². The van der Waals surface area contributed by atoms with Crippen LogP contribution < -0.4 is 0 Å². The van der Waals surface area contributed by atoms with Crippen molar-refractivity contribution >= 4 is 11.8 Å². The van der Waals surface area contributed by atoms with Crippen LogP contribution in [0, 0.1) is 0 Å². The van der Waals surface area contributed by atoms with Gasteiger partial charge in [-0.2, -0.15) is 10.2 Å². The molecular formula is C15H14N4O4. The fourth-order valence-corrected chi connectivity index (χ4v) is 1.69. The third kappa shape index (κ3) is 4.81. The van der Waals surface area contributed by atoms with Crippen molar-refractivity contribution < 1.29 is 19.8 Å². The van der Waals surface area contributed by atoms with Crippen molar-refractivity contribution in [1.29, 1.82) is 0 Å². The summed E-state index contributed by atoms with van der Waals surface area (Å²) in [5.74, 6) is -2.20. The maximum atomic E-state index is 10.7. The predicted molar refractivity (Wildman–Crippen MR) is 80.6 cm³/mol. The molecule has 0 aliphatic heterocycles. The summed E-state index contributed by atoms with van der Waals surface area (Å²) >= 11 is 0. The molecule has 0 amide bonds. The van der Waals surface area contributed by atoms with E-state index in [1.54, 1.807) is 12.4 Å². The Kier molecular flexibility index (Phi) is 5.24. The number of aromatic nitrogens is 4. The molecule has 0 saturated heterocycles. The van der Waals surface area contributed by atoms with Crippen molar-refractivity contribution in [3.05, 3.63) is 54.4 Å². The third-order valence-corrected chi connectivity index (χ3v) is 2.83. The molecule has 0 aliphatic rings. The molecule has 0 bridgehead atoms. The number of carboxylic acid groups (broad SMARTS) is 1. The van der Waals surface area contributed by atoms with Crippen molar-refractivity contribution in [1.82, 2.24) is 20.4 Å². The third-order valence-electron chi connectivity index (χ3n) is 2.83. The van der Waals surface area contributed by atoms with Gasteiger partial charge in [0.25, 0.3) is 0 Å². The first kappa shape index (κ1) is 16.0. The molecule has 0 spiro atoms. The molecule has 2 heterocycles. The smallest absolute Gasteiger partial charge is 0.372 e. The highest BCUT2D eigenvalue weighted by Crippen LogP contribution is 2.10. The molecule has 1 aromatic carbocycles. The van der Waals surface area contributed by atoms with E-state index in [0.717, 1.165) is 11.4 Å². The fraction of sp³-hybridized carbons (Fsp3) is 0.0667. The average Bonchev–Trinajstić information content (AvgIpc) is 3.22. The summed E-state index contributed by atoms with van der Waals surface area (Å²) in [4.78, 5) is 20.9. The number of hydrogen-bond donors (Lipinski definition) is 4. The summed E-state index contributed by atoms with van der Waals surface area (Å²) in [5, 5.41) is 30.4. The monoisotopic (exact) mass is 314 g/mol. The van der Waals surface area contributed by atoms with Crippen LogP contribution in [0.4, 0.5) is 0 Å². The van der Waals surface area contributed by atoms with Crippen LogP contribution in [0.25, 0.3) is 11.4 Å². The van der Waals surface area contributed by atoms with E-state index in [2.05, 4.69) is 20.4 Å². The molecule has 0 aliphatic carbocycles. The Morgan fingerprint density at radius 1 is 0.913 bits per heavy atom. The Bertz CT molecular complexity index is 717. The van der Waals surface area contributed by atoms with E-state index >= 15 is 0 Å². The zero-order valence-electron chi connectivity index (χ0n) is 11.9. The molecule has 0 radical (unpaired) electrons. The lowest BCUT2D eigenvalue weighted by molar-refractivity contribution is -0.148. The van der Waals surface area contributed by atoms with Crippen molar-refractivity contribution in [3.8, 4) is 17.1 Å². The molecular weight excluding hydrogens is 300 g/mol. The summed E-state index contributed by atoms with van der Waals surface area (Å²) < 4.78 is 0. The second kappa shape index (κ2) is 7.55. The van der Waals surface area contributed by atoms with Crippen molar-refractivity contribution in [2.45, 2.75) is 6.42 Å². The Morgan fingerprint density at radius 2 is 1.43 bits per heavy atom. The van der Waals surface area contributed by atoms with Crippen LogP contribution in [0.1, 0.15) is 5.56 Å². The minimum atomic E-state index is -1.44. The number of H-pyrrole nitrogens is 2. The first-order valence-corrected chi connectivity index (χ1v) is 6.59. The van der Waals surface area contributed by atoms with Gasteiger partial charge in [-0.25, -0.2) is 4.79 Å². The number of carbonyl (C=O) groups is 2. The van der Waals surface area contributed by atoms with Gasteiger partial charge in [0.2, 0.25) is 5.78 Å². The van der Waals surface area contributed by atoms with E-state index in [9.17, 15) is 9.59 Å². The number of carboxylic acids is 1. The average molecular weight is 314 g/mol. The number of Topliss-reactive ketones (excluding diaryl/α,β-unsaturated/α-hetero) is 1. The second-order valence-corrected chi connectivity index (χ2v) is 4.51. The molecule has 0 saturated carbocycles. The van der Waals surface area contributed by atoms with Gasteiger partial charge in [-0.1, -0.05) is 12.1 Å². The zero-order chi connectivity index (χ0) is 16.7. The van der Waals surface area contributed by atoms with Gasteiger partial charge in [0.05, 0.1) is 11.4 Å². The second-order valence-electron chi connectivity index (χ2n) is 4.51. The summed E-state index contributed by atoms with van der Waals surface area (Å²) in [6, 6.07) is 9.60. The maximum Gasteiger partial charge on any atom is 0.372 e. The van der Waals surface area contributed by atoms with E-state index in [0.29, 0.717) is 5.56 Å². The quantitative estimate of drug-likeness (QED) is 0.538. The number of phenols is 1. The molecule has 4 N–H and O–H groups in total. The van der Waals surface area contributed by atoms with Crippen molar-refractivity contribution in [2.75, 3.05) is 0 Å². The van der Waals surface area contributed by atoms with Gasteiger partial charge < -0.3 is 10.2 Å². The molecule has 118 valence electrons. The number of aromatic hydroxyl groups is 1. The number of aromatic amines is 2. The van der Waals surface area contributed by atoms with Gasteiger partial charge in [0.15, 0.2) is 0 Å². The highest BCUT2D eigenvalue weighted by atomic mass is 16.4. The molecule has 0 fully saturated rings. The van der Waals surface area contributed by atoms with E-state index in [1.165, 1.54) is 24.3 Å². The molecule has 0 atom stereocenters. The minimum Gasteiger partial charge on any atom is -0.508 e. The molecule has 0 unspecified atom stereocenters. The first-order chi connectivity index (χ1) is 11.1. The van der Waals surface area contributed by atoms with Gasteiger partial charge in [-0.15, -0.1) is 0 Å². The zero-order valence-corrected chi connectivity index (χ0v) is 11.9. The molecule has 3 aromatic rings. The van der Waals surface area contributed by atoms with Crippen LogP contribution in [-0.4, -0.2) is 42.4 Å². The van der Waals surface area contributed by atoms with E-state index < -0.39 is 11.8 Å². The number of nitrogens with zero attached hydrogens (tertiary/aromatic N) is 2. The Balaban J connectivity index is 0.000000172. The van der Waals surface area contributed by atoms with Crippen LogP contribution >= 0.6 is 0 Å². The number of hydrogen-bond acceptors (Lipinski definition) is 5. The van der Waals surface area contributed by atoms with E-state index in [4.69, 9.17) is 10.2 Å². The van der Waals surface area contributed by atoms with E-state index in [1.807, 2.05) is 12.1 Å². The number of carbonyl (C=O) groups excluding carboxylic acids is 1. The molecule has 8 nitrogen and oxygen atoms in total. The molecule has 3 rings (SSSR count). The van der Waals surface area contributed by atoms with Crippen LogP contribution in [0.3, 0.4) is 0 Å². The number of benzene rings is 1. The van der Waals surface area contributed by atoms with Crippen LogP contribution in [-0.2, 0) is 16.0 Å². The predicted octanol–water partition coefficient (Wildman–Crippen LogP) is 1.39. The number of phenolic OH excluding ortho intramolecular Hbond substituents is 1. The van der Waals surface area contributed by atoms with Crippen molar-refractivity contribution in [3.63, 3.8) is 0 Å². The maximum absolute atomic E-state index is 10.7. The molecule has 23 heavy (non-hydrogen) atoms. The minimum absolute atomic E-state index is 0.0894.